The molecular formula is C10H14FN. The van der Waals surface area contributed by atoms with Crippen LogP contribution in [0.2, 0.25) is 0 Å². The summed E-state index contributed by atoms with van der Waals surface area (Å²) in [4.78, 5) is 0. The predicted molar refractivity (Wildman–Crippen MR) is 47.5 cm³/mol. The van der Waals surface area contributed by atoms with E-state index in [2.05, 4.69) is 5.32 Å². The Morgan fingerprint density at radius 1 is 1.33 bits per heavy atom. The van der Waals surface area contributed by atoms with Crippen LogP contribution in [0, 0.1) is 0 Å². The summed E-state index contributed by atoms with van der Waals surface area (Å²) < 4.78 is 12.6. The van der Waals surface area contributed by atoms with Crippen molar-refractivity contribution >= 4 is 0 Å². The summed E-state index contributed by atoms with van der Waals surface area (Å²) >= 11 is 0. The highest BCUT2D eigenvalue weighted by Crippen LogP contribution is 2.25. The molecule has 2 rings (SSSR count). The van der Waals surface area contributed by atoms with Crippen LogP contribution in [0.1, 0.15) is 25.7 Å². The molecule has 1 heterocycles. The summed E-state index contributed by atoms with van der Waals surface area (Å²) in [5.74, 6) is 0.0248. The minimum absolute atomic E-state index is 0.0248. The molecule has 1 nitrogen and oxygen atoms in total. The van der Waals surface area contributed by atoms with Crippen LogP contribution in [0.25, 0.3) is 0 Å². The van der Waals surface area contributed by atoms with Crippen LogP contribution < -0.4 is 5.32 Å². The largest absolute Gasteiger partial charge is 0.310 e. The van der Waals surface area contributed by atoms with Crippen molar-refractivity contribution in [1.82, 2.24) is 5.32 Å². The maximum atomic E-state index is 12.6. The van der Waals surface area contributed by atoms with E-state index in [0.717, 1.165) is 13.0 Å². The highest BCUT2D eigenvalue weighted by Gasteiger charge is 2.19. The average Bonchev–Trinajstić information content (AvgIpc) is 2.58. The lowest BCUT2D eigenvalue weighted by molar-refractivity contribution is 0.561. The first-order chi connectivity index (χ1) is 5.86. The molecule has 1 saturated heterocycles. The first kappa shape index (κ1) is 7.99. The predicted octanol–water partition coefficient (Wildman–Crippen LogP) is 2.31. The topological polar surface area (TPSA) is 12.0 Å². The summed E-state index contributed by atoms with van der Waals surface area (Å²) in [6, 6.07) is 0.536. The maximum absolute atomic E-state index is 12.6. The monoisotopic (exact) mass is 167 g/mol. The van der Waals surface area contributed by atoms with Gasteiger partial charge in [-0.1, -0.05) is 11.6 Å². The van der Waals surface area contributed by atoms with Gasteiger partial charge in [0.15, 0.2) is 0 Å². The Bertz CT molecular complexity index is 224. The van der Waals surface area contributed by atoms with E-state index in [0.29, 0.717) is 12.5 Å². The Hall–Kier alpha value is -0.630. The fraction of sp³-hybridized carbons (Fsp3) is 0.600. The second kappa shape index (κ2) is 3.40. The summed E-state index contributed by atoms with van der Waals surface area (Å²) in [5, 5.41) is 3.42. The van der Waals surface area contributed by atoms with Gasteiger partial charge in [-0.05, 0) is 31.9 Å². The van der Waals surface area contributed by atoms with E-state index in [4.69, 9.17) is 0 Å². The first-order valence-corrected chi connectivity index (χ1v) is 4.65. The van der Waals surface area contributed by atoms with E-state index >= 15 is 0 Å². The van der Waals surface area contributed by atoms with Gasteiger partial charge in [0.25, 0.3) is 0 Å². The summed E-state index contributed by atoms with van der Waals surface area (Å²) in [7, 11) is 0. The Kier molecular flexibility index (Phi) is 2.26. The summed E-state index contributed by atoms with van der Waals surface area (Å²) in [5.41, 5.74) is 1.38. The first-order valence-electron chi connectivity index (χ1n) is 4.65. The van der Waals surface area contributed by atoms with Crippen LogP contribution in [0.15, 0.2) is 23.6 Å². The molecule has 0 bridgehead atoms. The molecule has 0 aromatic rings. The molecule has 12 heavy (non-hydrogen) atoms. The van der Waals surface area contributed by atoms with Crippen LogP contribution in [-0.2, 0) is 0 Å². The van der Waals surface area contributed by atoms with Crippen LogP contribution in [0.4, 0.5) is 4.39 Å². The van der Waals surface area contributed by atoms with E-state index in [1.54, 1.807) is 6.08 Å². The number of nitrogens with one attached hydrogen (secondary N) is 1. The summed E-state index contributed by atoms with van der Waals surface area (Å²) in [6.45, 7) is 1.12. The molecule has 1 atom stereocenters. The molecular weight excluding hydrogens is 153 g/mol. The molecule has 0 aromatic carbocycles. The van der Waals surface area contributed by atoms with Crippen molar-refractivity contribution in [3.63, 3.8) is 0 Å². The normalized spacial score (nSPS) is 29.9. The number of hydrogen-bond donors (Lipinski definition) is 1. The van der Waals surface area contributed by atoms with Gasteiger partial charge in [0.2, 0.25) is 0 Å². The molecule has 1 fully saturated rings. The standard InChI is InChI=1S/C10H14FN/c11-9-5-3-8(4-6-9)10-2-1-7-12-10/h3,5,10,12H,1-2,4,6-7H2. The lowest BCUT2D eigenvalue weighted by Gasteiger charge is -2.16. The fourth-order valence-corrected chi connectivity index (χ4v) is 1.92. The van der Waals surface area contributed by atoms with E-state index < -0.39 is 0 Å². The van der Waals surface area contributed by atoms with Gasteiger partial charge in [-0.25, -0.2) is 4.39 Å². The molecule has 1 unspecified atom stereocenters. The van der Waals surface area contributed by atoms with Crippen molar-refractivity contribution in [3.8, 4) is 0 Å². The zero-order valence-electron chi connectivity index (χ0n) is 7.15. The van der Waals surface area contributed by atoms with E-state index in [1.165, 1.54) is 18.4 Å². The molecule has 1 N–H and O–H groups in total. The minimum Gasteiger partial charge on any atom is -0.310 e. The number of halogens is 1. The zero-order valence-corrected chi connectivity index (χ0v) is 7.15. The lowest BCUT2D eigenvalue weighted by atomic mass is 9.96. The molecule has 1 aliphatic heterocycles. The third-order valence-electron chi connectivity index (χ3n) is 2.64. The molecule has 0 saturated carbocycles. The van der Waals surface area contributed by atoms with Gasteiger partial charge in [-0.3, -0.25) is 0 Å². The molecule has 2 aliphatic rings. The Morgan fingerprint density at radius 2 is 2.25 bits per heavy atom. The summed E-state index contributed by atoms with van der Waals surface area (Å²) in [6.07, 6.45) is 7.54. The molecule has 0 radical (unpaired) electrons. The average molecular weight is 167 g/mol. The quantitative estimate of drug-likeness (QED) is 0.632. The van der Waals surface area contributed by atoms with Gasteiger partial charge in [-0.2, -0.15) is 0 Å². The van der Waals surface area contributed by atoms with Gasteiger partial charge >= 0.3 is 0 Å². The Balaban J connectivity index is 2.04. The zero-order chi connectivity index (χ0) is 8.39. The maximum Gasteiger partial charge on any atom is 0.100 e. The molecule has 0 aromatic heterocycles. The number of rotatable bonds is 1. The second-order valence-corrected chi connectivity index (χ2v) is 3.50. The highest BCUT2D eigenvalue weighted by atomic mass is 19.1. The number of hydrogen-bond acceptors (Lipinski definition) is 1. The van der Waals surface area contributed by atoms with E-state index in [9.17, 15) is 4.39 Å². The van der Waals surface area contributed by atoms with Gasteiger partial charge in [0, 0.05) is 12.5 Å². The lowest BCUT2D eigenvalue weighted by Crippen LogP contribution is -2.24. The minimum atomic E-state index is 0.0248. The van der Waals surface area contributed by atoms with Crippen LogP contribution in [0.5, 0.6) is 0 Å². The van der Waals surface area contributed by atoms with Crippen molar-refractivity contribution in [1.29, 1.82) is 0 Å². The van der Waals surface area contributed by atoms with Crippen molar-refractivity contribution < 1.29 is 4.39 Å². The van der Waals surface area contributed by atoms with Crippen molar-refractivity contribution in [2.24, 2.45) is 0 Å². The fourth-order valence-electron chi connectivity index (χ4n) is 1.92. The van der Waals surface area contributed by atoms with Crippen molar-refractivity contribution in [2.75, 3.05) is 6.54 Å². The van der Waals surface area contributed by atoms with E-state index in [1.807, 2.05) is 6.08 Å². The third kappa shape index (κ3) is 1.58. The van der Waals surface area contributed by atoms with Gasteiger partial charge in [0.05, 0.1) is 0 Å². The van der Waals surface area contributed by atoms with Crippen LogP contribution in [0.3, 0.4) is 0 Å². The van der Waals surface area contributed by atoms with Crippen LogP contribution >= 0.6 is 0 Å². The second-order valence-electron chi connectivity index (χ2n) is 3.50. The third-order valence-corrected chi connectivity index (χ3v) is 2.64. The van der Waals surface area contributed by atoms with Crippen molar-refractivity contribution in [2.45, 2.75) is 31.7 Å². The van der Waals surface area contributed by atoms with E-state index in [-0.39, 0.29) is 5.83 Å². The molecule has 2 heteroatoms. The molecule has 66 valence electrons. The van der Waals surface area contributed by atoms with Gasteiger partial charge in [-0.15, -0.1) is 0 Å². The molecule has 0 spiro atoms. The van der Waals surface area contributed by atoms with Gasteiger partial charge < -0.3 is 5.32 Å². The Morgan fingerprint density at radius 3 is 2.83 bits per heavy atom. The SMILES string of the molecule is FC1=CC=C(C2CCCN2)CC1. The number of allylic oxidation sites excluding steroid dienone is 3. The smallest absolute Gasteiger partial charge is 0.100 e. The molecule has 1 aliphatic carbocycles. The van der Waals surface area contributed by atoms with Gasteiger partial charge in [0.1, 0.15) is 5.83 Å². The Labute approximate surface area is 72.3 Å². The highest BCUT2D eigenvalue weighted by molar-refractivity contribution is 5.25. The van der Waals surface area contributed by atoms with Crippen molar-refractivity contribution in [3.05, 3.63) is 23.6 Å². The van der Waals surface area contributed by atoms with Crippen LogP contribution in [-0.4, -0.2) is 12.6 Å². The molecule has 0 amide bonds.